The highest BCUT2D eigenvalue weighted by atomic mass is 19.4. The monoisotopic (exact) mass is 492 g/mol. The fourth-order valence-electron chi connectivity index (χ4n) is 5.12. The first kappa shape index (κ1) is 25.4. The van der Waals surface area contributed by atoms with Gasteiger partial charge in [-0.25, -0.2) is 4.98 Å². The zero-order valence-corrected chi connectivity index (χ0v) is 20.1. The third-order valence-electron chi connectivity index (χ3n) is 6.66. The van der Waals surface area contributed by atoms with E-state index in [4.69, 9.17) is 9.72 Å². The van der Waals surface area contributed by atoms with Crippen molar-refractivity contribution in [1.82, 2.24) is 15.2 Å². The Hall–Kier alpha value is -2.65. The Labute approximate surface area is 203 Å². The minimum atomic E-state index is -4.34. The van der Waals surface area contributed by atoms with E-state index in [0.717, 1.165) is 22.3 Å². The van der Waals surface area contributed by atoms with Crippen LogP contribution in [0, 0.1) is 0 Å². The van der Waals surface area contributed by atoms with Crippen molar-refractivity contribution in [1.29, 1.82) is 0 Å². The number of anilines is 1. The number of hydrogen-bond donors (Lipinski definition) is 2. The highest BCUT2D eigenvalue weighted by Crippen LogP contribution is 2.50. The van der Waals surface area contributed by atoms with Crippen molar-refractivity contribution in [2.24, 2.45) is 0 Å². The summed E-state index contributed by atoms with van der Waals surface area (Å²) in [5.41, 5.74) is 4.83. The van der Waals surface area contributed by atoms with E-state index in [-0.39, 0.29) is 12.7 Å². The SMILES string of the molecule is COc1ccc(NCCNCCCF)nc1[C@@H]1C2=C(C[C@@H](C)N1CC(F)(F)F)c1ccccc1C2. The van der Waals surface area contributed by atoms with Gasteiger partial charge in [-0.15, -0.1) is 0 Å². The van der Waals surface area contributed by atoms with Crippen LogP contribution in [0.4, 0.5) is 23.4 Å². The van der Waals surface area contributed by atoms with Crippen LogP contribution in [0.3, 0.4) is 0 Å². The van der Waals surface area contributed by atoms with Gasteiger partial charge in [-0.1, -0.05) is 24.3 Å². The average molecular weight is 493 g/mol. The molecule has 35 heavy (non-hydrogen) atoms. The molecule has 0 spiro atoms. The number of fused-ring (bicyclic) bond motifs is 2. The van der Waals surface area contributed by atoms with Crippen LogP contribution in [-0.2, 0) is 6.42 Å². The summed E-state index contributed by atoms with van der Waals surface area (Å²) >= 11 is 0. The Balaban J connectivity index is 1.68. The number of halogens is 4. The van der Waals surface area contributed by atoms with Crippen molar-refractivity contribution in [2.45, 2.75) is 44.4 Å². The van der Waals surface area contributed by atoms with Crippen molar-refractivity contribution in [2.75, 3.05) is 45.3 Å². The van der Waals surface area contributed by atoms with Gasteiger partial charge < -0.3 is 15.4 Å². The third-order valence-corrected chi connectivity index (χ3v) is 6.66. The summed E-state index contributed by atoms with van der Waals surface area (Å²) in [6.45, 7) is 2.23. The molecule has 2 atom stereocenters. The number of hydrogen-bond acceptors (Lipinski definition) is 5. The molecule has 0 unspecified atom stereocenters. The molecular formula is C26H32F4N4O. The number of aromatic nitrogens is 1. The maximum Gasteiger partial charge on any atom is 0.401 e. The molecule has 1 aliphatic heterocycles. The van der Waals surface area contributed by atoms with E-state index in [2.05, 4.69) is 16.7 Å². The minimum Gasteiger partial charge on any atom is -0.495 e. The second kappa shape index (κ2) is 11.0. The first-order valence-corrected chi connectivity index (χ1v) is 12.0. The molecule has 2 N–H and O–H groups in total. The zero-order chi connectivity index (χ0) is 25.0. The summed E-state index contributed by atoms with van der Waals surface area (Å²) in [5, 5.41) is 6.36. The lowest BCUT2D eigenvalue weighted by molar-refractivity contribution is -0.155. The molecule has 2 heterocycles. The molecule has 1 aromatic carbocycles. The average Bonchev–Trinajstić information content (AvgIpc) is 3.19. The first-order chi connectivity index (χ1) is 16.8. The maximum absolute atomic E-state index is 13.7. The number of nitrogens with one attached hydrogen (secondary N) is 2. The van der Waals surface area contributed by atoms with Gasteiger partial charge in [-0.05, 0) is 67.1 Å². The van der Waals surface area contributed by atoms with Gasteiger partial charge in [0.05, 0.1) is 26.4 Å². The predicted octanol–water partition coefficient (Wildman–Crippen LogP) is 5.16. The topological polar surface area (TPSA) is 49.4 Å². The van der Waals surface area contributed by atoms with E-state index in [1.165, 1.54) is 12.0 Å². The molecule has 0 saturated carbocycles. The summed E-state index contributed by atoms with van der Waals surface area (Å²) in [7, 11) is 1.52. The van der Waals surface area contributed by atoms with Gasteiger partial charge in [0.2, 0.25) is 0 Å². The van der Waals surface area contributed by atoms with Gasteiger partial charge in [-0.2, -0.15) is 13.2 Å². The van der Waals surface area contributed by atoms with Crippen LogP contribution in [-0.4, -0.2) is 62.1 Å². The number of rotatable bonds is 10. The summed E-state index contributed by atoms with van der Waals surface area (Å²) in [4.78, 5) is 6.28. The van der Waals surface area contributed by atoms with Crippen molar-refractivity contribution in [3.8, 4) is 5.75 Å². The van der Waals surface area contributed by atoms with Gasteiger partial charge >= 0.3 is 6.18 Å². The van der Waals surface area contributed by atoms with E-state index in [0.29, 0.717) is 56.2 Å². The molecule has 1 aromatic heterocycles. The Morgan fingerprint density at radius 3 is 2.66 bits per heavy atom. The highest BCUT2D eigenvalue weighted by Gasteiger charge is 2.45. The van der Waals surface area contributed by atoms with Crippen LogP contribution >= 0.6 is 0 Å². The number of methoxy groups -OCH3 is 1. The molecule has 0 radical (unpaired) electrons. The summed E-state index contributed by atoms with van der Waals surface area (Å²) in [5.74, 6) is 1.03. The molecule has 4 rings (SSSR count). The van der Waals surface area contributed by atoms with E-state index in [1.807, 2.05) is 25.1 Å². The Kier molecular flexibility index (Phi) is 7.96. The standard InChI is InChI=1S/C26H32F4N4O/c1-17-14-20-19-7-4-3-6-18(19)15-21(20)25(34(17)16-26(28,29)30)24-22(35-2)8-9-23(33-24)32-13-12-31-11-5-10-27/h3-4,6-9,17,25,31H,5,10-16H2,1-2H3,(H,32,33)/t17-,25+/m1/s1. The van der Waals surface area contributed by atoms with Crippen molar-refractivity contribution >= 4 is 11.4 Å². The van der Waals surface area contributed by atoms with Crippen molar-refractivity contribution in [3.05, 3.63) is 58.8 Å². The molecule has 190 valence electrons. The van der Waals surface area contributed by atoms with Crippen LogP contribution < -0.4 is 15.4 Å². The number of pyridine rings is 1. The molecule has 0 amide bonds. The van der Waals surface area contributed by atoms with Gasteiger partial charge in [-0.3, -0.25) is 9.29 Å². The smallest absolute Gasteiger partial charge is 0.401 e. The molecule has 0 bridgehead atoms. The number of benzene rings is 1. The van der Waals surface area contributed by atoms with Gasteiger partial charge in [0.15, 0.2) is 0 Å². The van der Waals surface area contributed by atoms with Crippen molar-refractivity contribution < 1.29 is 22.3 Å². The second-order valence-electron chi connectivity index (χ2n) is 9.08. The Bertz CT molecular complexity index is 1060. The van der Waals surface area contributed by atoms with E-state index in [1.54, 1.807) is 12.1 Å². The zero-order valence-electron chi connectivity index (χ0n) is 20.1. The normalized spacial score (nSPS) is 20.1. The van der Waals surface area contributed by atoms with Crippen LogP contribution in [0.1, 0.15) is 42.6 Å². The number of ether oxygens (including phenoxy) is 1. The van der Waals surface area contributed by atoms with E-state index < -0.39 is 18.8 Å². The van der Waals surface area contributed by atoms with Crippen LogP contribution in [0.5, 0.6) is 5.75 Å². The molecule has 2 aliphatic rings. The number of nitrogens with zero attached hydrogens (tertiary/aromatic N) is 2. The lowest BCUT2D eigenvalue weighted by atomic mass is 9.86. The number of alkyl halides is 4. The molecule has 9 heteroatoms. The van der Waals surface area contributed by atoms with Gasteiger partial charge in [0.25, 0.3) is 0 Å². The fourth-order valence-corrected chi connectivity index (χ4v) is 5.12. The van der Waals surface area contributed by atoms with Crippen LogP contribution in [0.2, 0.25) is 0 Å². The Morgan fingerprint density at radius 1 is 1.11 bits per heavy atom. The molecule has 0 saturated heterocycles. The first-order valence-electron chi connectivity index (χ1n) is 12.0. The van der Waals surface area contributed by atoms with Crippen LogP contribution in [0.15, 0.2) is 42.0 Å². The molecule has 0 fully saturated rings. The molecule has 2 aromatic rings. The quantitative estimate of drug-likeness (QED) is 0.355. The fraction of sp³-hybridized carbons (Fsp3) is 0.500. The summed E-state index contributed by atoms with van der Waals surface area (Å²) in [6.07, 6.45) is -2.73. The van der Waals surface area contributed by atoms with E-state index >= 15 is 0 Å². The summed E-state index contributed by atoms with van der Waals surface area (Å²) in [6, 6.07) is 10.6. The highest BCUT2D eigenvalue weighted by molar-refractivity contribution is 5.79. The maximum atomic E-state index is 13.7. The van der Waals surface area contributed by atoms with E-state index in [9.17, 15) is 17.6 Å². The summed E-state index contributed by atoms with van der Waals surface area (Å²) < 4.78 is 59.0. The lowest BCUT2D eigenvalue weighted by Crippen LogP contribution is -2.46. The molecule has 1 aliphatic carbocycles. The molecule has 5 nitrogen and oxygen atoms in total. The lowest BCUT2D eigenvalue weighted by Gasteiger charge is -2.42. The minimum absolute atomic E-state index is 0.325. The third kappa shape index (κ3) is 5.78. The van der Waals surface area contributed by atoms with Gasteiger partial charge in [0, 0.05) is 19.1 Å². The van der Waals surface area contributed by atoms with Crippen LogP contribution in [0.25, 0.3) is 5.57 Å². The Morgan fingerprint density at radius 2 is 1.91 bits per heavy atom. The van der Waals surface area contributed by atoms with Crippen molar-refractivity contribution in [3.63, 3.8) is 0 Å². The predicted molar refractivity (Wildman–Crippen MR) is 129 cm³/mol. The second-order valence-corrected chi connectivity index (χ2v) is 9.08. The van der Waals surface area contributed by atoms with Gasteiger partial charge in [0.1, 0.15) is 17.3 Å². The molecular weight excluding hydrogens is 460 g/mol. The largest absolute Gasteiger partial charge is 0.495 e.